The van der Waals surface area contributed by atoms with Crippen molar-refractivity contribution in [1.29, 1.82) is 0 Å². The molecule has 10 heteroatoms. The summed E-state index contributed by atoms with van der Waals surface area (Å²) in [4.78, 5) is 40.4. The molecule has 1 aliphatic carbocycles. The lowest BCUT2D eigenvalue weighted by molar-refractivity contribution is -0.142. The van der Waals surface area contributed by atoms with Gasteiger partial charge in [0.25, 0.3) is 5.91 Å². The molecule has 36 heavy (non-hydrogen) atoms. The minimum absolute atomic E-state index is 0.00731. The number of hydrogen-bond donors (Lipinski definition) is 2. The van der Waals surface area contributed by atoms with Gasteiger partial charge in [-0.2, -0.15) is 5.10 Å². The van der Waals surface area contributed by atoms with Crippen molar-refractivity contribution in [3.8, 4) is 0 Å². The summed E-state index contributed by atoms with van der Waals surface area (Å²) in [6, 6.07) is 11.1. The number of halogens is 2. The van der Waals surface area contributed by atoms with Crippen molar-refractivity contribution in [3.63, 3.8) is 0 Å². The minimum Gasteiger partial charge on any atom is -0.364 e. The number of carbonyl (C=O) groups excluding carboxylic acids is 3. The molecule has 2 bridgehead atoms. The molecule has 8 nitrogen and oxygen atoms in total. The second-order valence-corrected chi connectivity index (χ2v) is 10.1. The zero-order valence-electron chi connectivity index (χ0n) is 19.6. The van der Waals surface area contributed by atoms with E-state index in [9.17, 15) is 18.8 Å². The third kappa shape index (κ3) is 4.67. The minimum atomic E-state index is -0.674. The Bertz CT molecular complexity index is 1340. The summed E-state index contributed by atoms with van der Waals surface area (Å²) in [5, 5.41) is 7.67. The standard InChI is InChI=1S/C26H27ClFN5O3/c27-19-6-3-4-17(23(19)28)12-30-26(36)21-11-15-8-9-16(10-15)13-32(21)22(34)14-33-20-7-2-1-5-18(20)24(31-33)25(29)35/h1-7,15-16,21H,8-14H2,(H2,29,35)(H,30,36)/t15?,16?,21-/m1/s1. The Morgan fingerprint density at radius 3 is 2.67 bits per heavy atom. The van der Waals surface area contributed by atoms with E-state index in [0.717, 1.165) is 19.3 Å². The number of rotatable bonds is 6. The molecular weight excluding hydrogens is 485 g/mol. The Hall–Kier alpha value is -3.46. The first kappa shape index (κ1) is 24.2. The molecule has 2 aromatic carbocycles. The zero-order valence-corrected chi connectivity index (χ0v) is 20.4. The molecule has 3 amide bonds. The topological polar surface area (TPSA) is 110 Å². The van der Waals surface area contributed by atoms with E-state index >= 15 is 0 Å². The molecule has 1 saturated heterocycles. The lowest BCUT2D eigenvalue weighted by atomic mass is 9.97. The fourth-order valence-corrected chi connectivity index (χ4v) is 5.76. The highest BCUT2D eigenvalue weighted by Gasteiger charge is 2.40. The average molecular weight is 512 g/mol. The van der Waals surface area contributed by atoms with Gasteiger partial charge in [-0.1, -0.05) is 48.4 Å². The Morgan fingerprint density at radius 1 is 1.08 bits per heavy atom. The summed E-state index contributed by atoms with van der Waals surface area (Å²) in [6.07, 6.45) is 3.59. The molecular formula is C26H27ClFN5O3. The van der Waals surface area contributed by atoms with Crippen LogP contribution >= 0.6 is 11.6 Å². The molecule has 2 unspecified atom stereocenters. The molecule has 188 valence electrons. The van der Waals surface area contributed by atoms with Gasteiger partial charge in [0.1, 0.15) is 18.4 Å². The van der Waals surface area contributed by atoms with Crippen LogP contribution in [0.1, 0.15) is 41.7 Å². The molecule has 0 radical (unpaired) electrons. The summed E-state index contributed by atoms with van der Waals surface area (Å²) in [6.45, 7) is 0.322. The van der Waals surface area contributed by atoms with E-state index in [4.69, 9.17) is 17.3 Å². The molecule has 5 rings (SSSR count). The number of carbonyl (C=O) groups is 3. The van der Waals surface area contributed by atoms with Gasteiger partial charge in [-0.25, -0.2) is 4.39 Å². The SMILES string of the molecule is NC(=O)c1nn(CC(=O)N2CC3CCC(C3)C[C@@H]2C(=O)NCc2cccc(Cl)c2F)c2ccccc12. The lowest BCUT2D eigenvalue weighted by Gasteiger charge is -2.32. The van der Waals surface area contributed by atoms with Crippen LogP contribution in [0, 0.1) is 17.7 Å². The van der Waals surface area contributed by atoms with Gasteiger partial charge in [-0.15, -0.1) is 0 Å². The number of para-hydroxylation sites is 1. The van der Waals surface area contributed by atoms with Crippen molar-refractivity contribution in [1.82, 2.24) is 20.0 Å². The predicted molar refractivity (Wildman–Crippen MR) is 132 cm³/mol. The van der Waals surface area contributed by atoms with Gasteiger partial charge in [-0.05, 0) is 43.2 Å². The number of nitrogens with two attached hydrogens (primary N) is 1. The first-order valence-corrected chi connectivity index (χ1v) is 12.4. The van der Waals surface area contributed by atoms with Crippen molar-refractivity contribution in [3.05, 3.63) is 64.6 Å². The number of likely N-dealkylation sites (tertiary alicyclic amines) is 1. The predicted octanol–water partition coefficient (Wildman–Crippen LogP) is 3.26. The van der Waals surface area contributed by atoms with Gasteiger partial charge in [0.2, 0.25) is 11.8 Å². The number of hydrogen-bond acceptors (Lipinski definition) is 4. The third-order valence-corrected chi connectivity index (χ3v) is 7.61. The van der Waals surface area contributed by atoms with Crippen LogP contribution in [-0.2, 0) is 22.7 Å². The molecule has 2 fully saturated rings. The largest absolute Gasteiger partial charge is 0.364 e. The van der Waals surface area contributed by atoms with Gasteiger partial charge in [0, 0.05) is 24.0 Å². The first-order valence-electron chi connectivity index (χ1n) is 12.1. The number of primary amides is 1. The van der Waals surface area contributed by atoms with Gasteiger partial charge in [-0.3, -0.25) is 19.1 Å². The smallest absolute Gasteiger partial charge is 0.269 e. The highest BCUT2D eigenvalue weighted by molar-refractivity contribution is 6.30. The number of nitrogens with one attached hydrogen (secondary N) is 1. The maximum Gasteiger partial charge on any atom is 0.269 e. The Labute approximate surface area is 212 Å². The van der Waals surface area contributed by atoms with Gasteiger partial charge in [0.05, 0.1) is 10.5 Å². The van der Waals surface area contributed by atoms with Crippen molar-refractivity contribution < 1.29 is 18.8 Å². The second-order valence-electron chi connectivity index (χ2n) is 9.66. The monoisotopic (exact) mass is 511 g/mol. The summed E-state index contributed by atoms with van der Waals surface area (Å²) >= 11 is 5.87. The molecule has 3 aromatic rings. The maximum atomic E-state index is 14.3. The molecule has 2 heterocycles. The van der Waals surface area contributed by atoms with E-state index in [-0.39, 0.29) is 41.2 Å². The van der Waals surface area contributed by atoms with E-state index in [0.29, 0.717) is 35.7 Å². The highest BCUT2D eigenvalue weighted by atomic mass is 35.5. The number of fused-ring (bicyclic) bond motifs is 3. The average Bonchev–Trinajstić information content (AvgIpc) is 3.40. The molecule has 3 atom stereocenters. The van der Waals surface area contributed by atoms with Crippen molar-refractivity contribution >= 4 is 40.2 Å². The van der Waals surface area contributed by atoms with E-state index in [1.165, 1.54) is 10.7 Å². The second kappa shape index (κ2) is 9.89. The molecule has 2 aliphatic rings. The molecule has 0 spiro atoms. The highest BCUT2D eigenvalue weighted by Crippen LogP contribution is 2.39. The van der Waals surface area contributed by atoms with Crippen molar-refractivity contribution in [2.45, 2.75) is 44.8 Å². The van der Waals surface area contributed by atoms with E-state index in [1.807, 2.05) is 0 Å². The summed E-state index contributed by atoms with van der Waals surface area (Å²) < 4.78 is 15.8. The van der Waals surface area contributed by atoms with E-state index in [2.05, 4.69) is 10.4 Å². The van der Waals surface area contributed by atoms with Gasteiger partial charge in [0.15, 0.2) is 5.69 Å². The quantitative estimate of drug-likeness (QED) is 0.529. The summed E-state index contributed by atoms with van der Waals surface area (Å²) in [5.74, 6) is -1.13. The molecule has 1 aromatic heterocycles. The Morgan fingerprint density at radius 2 is 1.86 bits per heavy atom. The molecule has 3 N–H and O–H groups in total. The fourth-order valence-electron chi connectivity index (χ4n) is 5.57. The number of aromatic nitrogens is 2. The van der Waals surface area contributed by atoms with E-state index in [1.54, 1.807) is 41.3 Å². The number of amides is 3. The third-order valence-electron chi connectivity index (χ3n) is 7.32. The van der Waals surface area contributed by atoms with Crippen LogP contribution in [0.15, 0.2) is 42.5 Å². The molecule has 1 aliphatic heterocycles. The van der Waals surface area contributed by atoms with Crippen LogP contribution in [-0.4, -0.2) is 45.0 Å². The fraction of sp³-hybridized carbons (Fsp3) is 0.385. The van der Waals surface area contributed by atoms with Crippen LogP contribution in [0.4, 0.5) is 4.39 Å². The van der Waals surface area contributed by atoms with E-state index < -0.39 is 17.8 Å². The van der Waals surface area contributed by atoms with Crippen molar-refractivity contribution in [2.75, 3.05) is 6.54 Å². The van der Waals surface area contributed by atoms with Crippen LogP contribution in [0.25, 0.3) is 10.9 Å². The molecule has 1 saturated carbocycles. The van der Waals surface area contributed by atoms with Gasteiger partial charge < -0.3 is 16.0 Å². The van der Waals surface area contributed by atoms with Crippen molar-refractivity contribution in [2.24, 2.45) is 17.6 Å². The number of nitrogens with zero attached hydrogens (tertiary/aromatic N) is 3. The normalized spacial score (nSPS) is 21.4. The van der Waals surface area contributed by atoms with Crippen LogP contribution in [0.2, 0.25) is 5.02 Å². The summed E-state index contributed by atoms with van der Waals surface area (Å²) in [7, 11) is 0. The van der Waals surface area contributed by atoms with Gasteiger partial charge >= 0.3 is 0 Å². The first-order chi connectivity index (χ1) is 17.3. The van der Waals surface area contributed by atoms with Crippen LogP contribution in [0.3, 0.4) is 0 Å². The Kier molecular flexibility index (Phi) is 6.66. The number of benzene rings is 2. The van der Waals surface area contributed by atoms with Crippen LogP contribution < -0.4 is 11.1 Å². The lowest BCUT2D eigenvalue weighted by Crippen LogP contribution is -2.51. The Balaban J connectivity index is 1.38. The maximum absolute atomic E-state index is 14.3. The zero-order chi connectivity index (χ0) is 25.4. The summed E-state index contributed by atoms with van der Waals surface area (Å²) in [5.41, 5.74) is 6.50. The van der Waals surface area contributed by atoms with Crippen LogP contribution in [0.5, 0.6) is 0 Å².